The van der Waals surface area contributed by atoms with Crippen molar-refractivity contribution in [1.82, 2.24) is 19.5 Å². The molecule has 0 radical (unpaired) electrons. The SMILES string of the molecule is Cc1nc2ccc(-n3ccnc3)cc2[nH]1. The van der Waals surface area contributed by atoms with E-state index in [1.54, 1.807) is 12.5 Å². The van der Waals surface area contributed by atoms with Crippen LogP contribution in [0.4, 0.5) is 0 Å². The number of fused-ring (bicyclic) bond motifs is 1. The van der Waals surface area contributed by atoms with E-state index < -0.39 is 0 Å². The Morgan fingerprint density at radius 3 is 3.07 bits per heavy atom. The number of hydrogen-bond donors (Lipinski definition) is 1. The standard InChI is InChI=1S/C11H10N4/c1-8-13-10-3-2-9(6-11(10)14-8)15-5-4-12-7-15/h2-7H,1H3,(H,13,14). The van der Waals surface area contributed by atoms with Crippen LogP contribution in [-0.4, -0.2) is 19.5 Å². The van der Waals surface area contributed by atoms with Crippen LogP contribution in [0.25, 0.3) is 16.7 Å². The third kappa shape index (κ3) is 1.30. The Morgan fingerprint density at radius 2 is 2.27 bits per heavy atom. The van der Waals surface area contributed by atoms with Crippen LogP contribution in [0, 0.1) is 6.92 Å². The summed E-state index contributed by atoms with van der Waals surface area (Å²) in [7, 11) is 0. The Hall–Kier alpha value is -2.10. The van der Waals surface area contributed by atoms with Gasteiger partial charge >= 0.3 is 0 Å². The molecule has 3 aromatic rings. The van der Waals surface area contributed by atoms with Crippen molar-refractivity contribution >= 4 is 11.0 Å². The van der Waals surface area contributed by atoms with Crippen molar-refractivity contribution in [3.8, 4) is 5.69 Å². The summed E-state index contributed by atoms with van der Waals surface area (Å²) in [6.45, 7) is 1.96. The first-order valence-corrected chi connectivity index (χ1v) is 4.77. The summed E-state index contributed by atoms with van der Waals surface area (Å²) < 4.78 is 1.97. The normalized spacial score (nSPS) is 11.0. The zero-order valence-electron chi connectivity index (χ0n) is 8.31. The zero-order valence-corrected chi connectivity index (χ0v) is 8.31. The van der Waals surface area contributed by atoms with Gasteiger partial charge in [-0.25, -0.2) is 9.97 Å². The second-order valence-electron chi connectivity index (χ2n) is 3.49. The van der Waals surface area contributed by atoms with Crippen molar-refractivity contribution in [3.63, 3.8) is 0 Å². The first-order chi connectivity index (χ1) is 7.33. The predicted octanol–water partition coefficient (Wildman–Crippen LogP) is 2.06. The first kappa shape index (κ1) is 8.23. The topological polar surface area (TPSA) is 46.5 Å². The smallest absolute Gasteiger partial charge is 0.104 e. The van der Waals surface area contributed by atoms with Crippen molar-refractivity contribution in [3.05, 3.63) is 42.7 Å². The lowest BCUT2D eigenvalue weighted by atomic mass is 10.3. The number of rotatable bonds is 1. The monoisotopic (exact) mass is 198 g/mol. The van der Waals surface area contributed by atoms with E-state index in [1.165, 1.54) is 0 Å². The van der Waals surface area contributed by atoms with Crippen molar-refractivity contribution in [2.45, 2.75) is 6.92 Å². The molecular weight excluding hydrogens is 188 g/mol. The van der Waals surface area contributed by atoms with Gasteiger partial charge in [-0.2, -0.15) is 0 Å². The van der Waals surface area contributed by atoms with Crippen LogP contribution in [0.5, 0.6) is 0 Å². The Morgan fingerprint density at radius 1 is 1.33 bits per heavy atom. The Bertz CT molecular complexity index is 592. The van der Waals surface area contributed by atoms with Gasteiger partial charge < -0.3 is 9.55 Å². The van der Waals surface area contributed by atoms with Crippen molar-refractivity contribution in [1.29, 1.82) is 0 Å². The van der Waals surface area contributed by atoms with E-state index >= 15 is 0 Å². The van der Waals surface area contributed by atoms with E-state index in [0.29, 0.717) is 0 Å². The van der Waals surface area contributed by atoms with Gasteiger partial charge in [-0.05, 0) is 25.1 Å². The van der Waals surface area contributed by atoms with Crippen LogP contribution in [-0.2, 0) is 0 Å². The lowest BCUT2D eigenvalue weighted by Crippen LogP contribution is -1.88. The summed E-state index contributed by atoms with van der Waals surface area (Å²) in [4.78, 5) is 11.6. The maximum atomic E-state index is 4.36. The summed E-state index contributed by atoms with van der Waals surface area (Å²) in [5.41, 5.74) is 3.14. The minimum Gasteiger partial charge on any atom is -0.342 e. The minimum absolute atomic E-state index is 0.938. The molecule has 0 spiro atoms. The average molecular weight is 198 g/mol. The highest BCUT2D eigenvalue weighted by Gasteiger charge is 2.01. The number of aryl methyl sites for hydroxylation is 1. The summed E-state index contributed by atoms with van der Waals surface area (Å²) in [5, 5.41) is 0. The second-order valence-corrected chi connectivity index (χ2v) is 3.49. The molecule has 0 atom stereocenters. The third-order valence-corrected chi connectivity index (χ3v) is 2.39. The molecule has 0 aliphatic rings. The predicted molar refractivity (Wildman–Crippen MR) is 58.0 cm³/mol. The van der Waals surface area contributed by atoms with E-state index in [-0.39, 0.29) is 0 Å². The molecule has 1 aromatic carbocycles. The molecule has 0 bridgehead atoms. The summed E-state index contributed by atoms with van der Waals surface area (Å²) >= 11 is 0. The van der Waals surface area contributed by atoms with Crippen LogP contribution in [0.1, 0.15) is 5.82 Å². The van der Waals surface area contributed by atoms with Crippen molar-refractivity contribution < 1.29 is 0 Å². The average Bonchev–Trinajstić information content (AvgIpc) is 2.82. The minimum atomic E-state index is 0.938. The molecule has 0 unspecified atom stereocenters. The van der Waals surface area contributed by atoms with Crippen LogP contribution < -0.4 is 0 Å². The molecule has 4 heteroatoms. The van der Waals surface area contributed by atoms with Gasteiger partial charge in [0.1, 0.15) is 5.82 Å². The number of aromatic amines is 1. The van der Waals surface area contributed by atoms with E-state index in [1.807, 2.05) is 29.8 Å². The fraction of sp³-hybridized carbons (Fsp3) is 0.0909. The largest absolute Gasteiger partial charge is 0.342 e. The van der Waals surface area contributed by atoms with Gasteiger partial charge in [-0.15, -0.1) is 0 Å². The molecule has 3 rings (SSSR count). The molecule has 15 heavy (non-hydrogen) atoms. The number of nitrogens with one attached hydrogen (secondary N) is 1. The number of imidazole rings is 2. The van der Waals surface area contributed by atoms with E-state index in [9.17, 15) is 0 Å². The van der Waals surface area contributed by atoms with E-state index in [4.69, 9.17) is 0 Å². The molecule has 0 saturated carbocycles. The zero-order chi connectivity index (χ0) is 10.3. The van der Waals surface area contributed by atoms with E-state index in [0.717, 1.165) is 22.5 Å². The lowest BCUT2D eigenvalue weighted by molar-refractivity contribution is 1.06. The Balaban J connectivity index is 2.21. The summed E-state index contributed by atoms with van der Waals surface area (Å²) in [5.74, 6) is 0.938. The molecule has 1 N–H and O–H groups in total. The van der Waals surface area contributed by atoms with Crippen molar-refractivity contribution in [2.75, 3.05) is 0 Å². The maximum absolute atomic E-state index is 4.36. The van der Waals surface area contributed by atoms with Crippen LogP contribution in [0.15, 0.2) is 36.9 Å². The molecule has 2 aromatic heterocycles. The fourth-order valence-electron chi connectivity index (χ4n) is 1.70. The number of aromatic nitrogens is 4. The number of benzene rings is 1. The van der Waals surface area contributed by atoms with Gasteiger partial charge in [0.25, 0.3) is 0 Å². The van der Waals surface area contributed by atoms with Gasteiger partial charge in [-0.1, -0.05) is 0 Å². The number of nitrogens with zero attached hydrogens (tertiary/aromatic N) is 3. The van der Waals surface area contributed by atoms with Gasteiger partial charge in [0, 0.05) is 18.1 Å². The molecule has 0 aliphatic carbocycles. The van der Waals surface area contributed by atoms with Crippen molar-refractivity contribution in [2.24, 2.45) is 0 Å². The Kier molecular flexibility index (Phi) is 1.62. The first-order valence-electron chi connectivity index (χ1n) is 4.77. The highest BCUT2D eigenvalue weighted by Crippen LogP contribution is 2.16. The molecule has 74 valence electrons. The molecule has 2 heterocycles. The molecule has 0 aliphatic heterocycles. The molecule has 0 saturated heterocycles. The fourth-order valence-corrected chi connectivity index (χ4v) is 1.70. The summed E-state index contributed by atoms with van der Waals surface area (Å²) in [6.07, 6.45) is 5.47. The lowest BCUT2D eigenvalue weighted by Gasteiger charge is -2.00. The van der Waals surface area contributed by atoms with Gasteiger partial charge in [0.05, 0.1) is 17.4 Å². The molecule has 0 fully saturated rings. The number of hydrogen-bond acceptors (Lipinski definition) is 2. The van der Waals surface area contributed by atoms with Crippen LogP contribution >= 0.6 is 0 Å². The third-order valence-electron chi connectivity index (χ3n) is 2.39. The molecule has 0 amide bonds. The highest BCUT2D eigenvalue weighted by atomic mass is 15.0. The second kappa shape index (κ2) is 2.95. The molecule has 4 nitrogen and oxygen atoms in total. The van der Waals surface area contributed by atoms with Crippen LogP contribution in [0.3, 0.4) is 0 Å². The summed E-state index contributed by atoms with van der Waals surface area (Å²) in [6, 6.07) is 6.11. The highest BCUT2D eigenvalue weighted by molar-refractivity contribution is 5.77. The molecular formula is C11H10N4. The quantitative estimate of drug-likeness (QED) is 0.650. The van der Waals surface area contributed by atoms with Gasteiger partial charge in [0.15, 0.2) is 0 Å². The maximum Gasteiger partial charge on any atom is 0.104 e. The van der Waals surface area contributed by atoms with Gasteiger partial charge in [0.2, 0.25) is 0 Å². The van der Waals surface area contributed by atoms with Crippen LogP contribution in [0.2, 0.25) is 0 Å². The Labute approximate surface area is 86.6 Å². The number of H-pyrrole nitrogens is 1. The van der Waals surface area contributed by atoms with Gasteiger partial charge in [-0.3, -0.25) is 0 Å². The van der Waals surface area contributed by atoms with E-state index in [2.05, 4.69) is 21.0 Å².